The molecule has 3 fully saturated rings. The summed E-state index contributed by atoms with van der Waals surface area (Å²) in [5.74, 6) is 5.53. The van der Waals surface area contributed by atoms with Crippen molar-refractivity contribution in [3.05, 3.63) is 35.3 Å². The molecule has 2 aromatic heterocycles. The molecule has 3 aliphatic rings. The largest absolute Gasteiger partial charge is 0.480 e. The second-order valence-corrected chi connectivity index (χ2v) is 11.9. The van der Waals surface area contributed by atoms with E-state index in [1.54, 1.807) is 31.6 Å². The predicted octanol–water partition coefficient (Wildman–Crippen LogP) is 2.36. The van der Waals surface area contributed by atoms with Crippen molar-refractivity contribution in [1.29, 1.82) is 0 Å². The Morgan fingerprint density at radius 1 is 1.24 bits per heavy atom. The van der Waals surface area contributed by atoms with E-state index in [1.807, 2.05) is 26.2 Å². The summed E-state index contributed by atoms with van der Waals surface area (Å²) in [5.41, 5.74) is 1.89. The van der Waals surface area contributed by atoms with E-state index in [0.717, 1.165) is 11.3 Å². The highest BCUT2D eigenvalue weighted by molar-refractivity contribution is 5.81. The minimum atomic E-state index is -1.11. The van der Waals surface area contributed by atoms with Gasteiger partial charge in [0.2, 0.25) is 5.88 Å². The van der Waals surface area contributed by atoms with Crippen LogP contribution in [0.4, 0.5) is 10.5 Å². The Kier molecular flexibility index (Phi) is 7.61. The Labute approximate surface area is 239 Å². The van der Waals surface area contributed by atoms with Crippen molar-refractivity contribution in [1.82, 2.24) is 19.7 Å². The standard InChI is InChI=1S/C29H37N5O7/c1-18-14-32(6)31-22(18)8-7-20-11-23(33-9-10-39-29(19(33)2)16-38-17-29)25(30-13-20)40-21-12-24(26(35)36)34(15-21)27(37)41-28(3,4)5/h11,13-14,19,21,24H,9-10,12,15-17H2,1-6H3,(H,35,36)/t19-,21-,24-/m0/s1. The van der Waals surface area contributed by atoms with Crippen LogP contribution in [0.15, 0.2) is 18.5 Å². The molecular formula is C29H37N5O7. The maximum atomic E-state index is 12.8. The Balaban J connectivity index is 1.44. The summed E-state index contributed by atoms with van der Waals surface area (Å²) in [6.45, 7) is 11.4. The van der Waals surface area contributed by atoms with E-state index < -0.39 is 35.4 Å². The Bertz CT molecular complexity index is 1380. The van der Waals surface area contributed by atoms with Crippen LogP contribution in [0.3, 0.4) is 0 Å². The lowest BCUT2D eigenvalue weighted by molar-refractivity contribution is -0.228. The van der Waals surface area contributed by atoms with Gasteiger partial charge in [-0.05, 0) is 46.6 Å². The SMILES string of the molecule is Cc1cn(C)nc1C#Cc1cnc(O[C@H]2C[C@@H](C(=O)O)N(C(=O)OC(C)(C)C)C2)c(N2CCOC3(COC3)[C@@H]2C)c1. The first-order valence-electron chi connectivity index (χ1n) is 13.7. The highest BCUT2D eigenvalue weighted by Gasteiger charge is 2.50. The molecule has 3 atom stereocenters. The maximum Gasteiger partial charge on any atom is 0.411 e. The van der Waals surface area contributed by atoms with E-state index in [0.29, 0.717) is 43.5 Å². The summed E-state index contributed by atoms with van der Waals surface area (Å²) in [6, 6.07) is 0.824. The second-order valence-electron chi connectivity index (χ2n) is 11.9. The maximum absolute atomic E-state index is 12.8. The summed E-state index contributed by atoms with van der Waals surface area (Å²) >= 11 is 0. The Morgan fingerprint density at radius 2 is 2.00 bits per heavy atom. The second kappa shape index (κ2) is 10.9. The number of amides is 1. The Morgan fingerprint density at radius 3 is 2.61 bits per heavy atom. The van der Waals surface area contributed by atoms with Gasteiger partial charge in [0.15, 0.2) is 0 Å². The van der Waals surface area contributed by atoms with E-state index in [4.69, 9.17) is 18.9 Å². The number of ether oxygens (including phenoxy) is 4. The van der Waals surface area contributed by atoms with E-state index in [9.17, 15) is 14.7 Å². The molecule has 1 N–H and O–H groups in total. The first-order valence-corrected chi connectivity index (χ1v) is 13.7. The molecule has 12 heteroatoms. The number of pyridine rings is 1. The third-order valence-corrected chi connectivity index (χ3v) is 7.58. The summed E-state index contributed by atoms with van der Waals surface area (Å²) in [6.07, 6.45) is 2.36. The normalized spacial score (nSPS) is 23.5. The van der Waals surface area contributed by atoms with Gasteiger partial charge in [0, 0.05) is 43.5 Å². The Hall–Kier alpha value is -3.82. The zero-order chi connectivity index (χ0) is 29.5. The lowest BCUT2D eigenvalue weighted by Crippen LogP contribution is -2.68. The van der Waals surface area contributed by atoms with Crippen LogP contribution in [-0.4, -0.2) is 99.1 Å². The lowest BCUT2D eigenvalue weighted by Gasteiger charge is -2.53. The third-order valence-electron chi connectivity index (χ3n) is 7.58. The fourth-order valence-corrected chi connectivity index (χ4v) is 5.37. The van der Waals surface area contributed by atoms with Gasteiger partial charge < -0.3 is 29.0 Å². The molecular weight excluding hydrogens is 530 g/mol. The van der Waals surface area contributed by atoms with Crippen LogP contribution < -0.4 is 9.64 Å². The fraction of sp³-hybridized carbons (Fsp3) is 0.586. The number of nitrogens with zero attached hydrogens (tertiary/aromatic N) is 5. The molecule has 0 unspecified atom stereocenters. The molecule has 12 nitrogen and oxygen atoms in total. The average Bonchev–Trinajstić information content (AvgIpc) is 3.44. The number of rotatable bonds is 4. The zero-order valence-electron chi connectivity index (χ0n) is 24.3. The molecule has 1 spiro atoms. The van der Waals surface area contributed by atoms with Crippen molar-refractivity contribution < 1.29 is 33.6 Å². The van der Waals surface area contributed by atoms with Crippen molar-refractivity contribution in [2.75, 3.05) is 37.8 Å². The quantitative estimate of drug-likeness (QED) is 0.550. The number of carboxylic acid groups (broad SMARTS) is 1. The summed E-state index contributed by atoms with van der Waals surface area (Å²) in [7, 11) is 1.85. The van der Waals surface area contributed by atoms with E-state index in [2.05, 4.69) is 33.7 Å². The van der Waals surface area contributed by atoms with E-state index >= 15 is 0 Å². The lowest BCUT2D eigenvalue weighted by atomic mass is 9.90. The highest BCUT2D eigenvalue weighted by Crippen LogP contribution is 2.39. The number of aromatic nitrogens is 3. The molecule has 0 aromatic carbocycles. The zero-order valence-corrected chi connectivity index (χ0v) is 24.3. The molecule has 3 aliphatic heterocycles. The monoisotopic (exact) mass is 567 g/mol. The number of hydrogen-bond donors (Lipinski definition) is 1. The highest BCUT2D eigenvalue weighted by atomic mass is 16.6. The van der Waals surface area contributed by atoms with Crippen molar-refractivity contribution in [3.8, 4) is 17.7 Å². The molecule has 5 heterocycles. The number of carboxylic acids is 1. The van der Waals surface area contributed by atoms with Gasteiger partial charge in [-0.2, -0.15) is 5.10 Å². The van der Waals surface area contributed by atoms with Crippen LogP contribution in [0.1, 0.15) is 50.9 Å². The molecule has 220 valence electrons. The number of carbonyl (C=O) groups excluding carboxylic acids is 1. The van der Waals surface area contributed by atoms with Crippen LogP contribution in [0.5, 0.6) is 5.88 Å². The molecule has 0 saturated carbocycles. The molecule has 0 radical (unpaired) electrons. The van der Waals surface area contributed by atoms with Gasteiger partial charge in [-0.3, -0.25) is 9.58 Å². The molecule has 2 aromatic rings. The number of anilines is 1. The van der Waals surface area contributed by atoms with E-state index in [1.165, 1.54) is 4.90 Å². The minimum Gasteiger partial charge on any atom is -0.480 e. The topological polar surface area (TPSA) is 128 Å². The smallest absolute Gasteiger partial charge is 0.411 e. The minimum absolute atomic E-state index is 0.0380. The summed E-state index contributed by atoms with van der Waals surface area (Å²) in [5, 5.41) is 14.2. The van der Waals surface area contributed by atoms with Gasteiger partial charge >= 0.3 is 12.1 Å². The van der Waals surface area contributed by atoms with Gasteiger partial charge in [-0.15, -0.1) is 0 Å². The third kappa shape index (κ3) is 5.96. The average molecular weight is 568 g/mol. The molecule has 5 rings (SSSR count). The van der Waals surface area contributed by atoms with Gasteiger partial charge in [0.05, 0.1) is 32.4 Å². The van der Waals surface area contributed by atoms with Crippen LogP contribution in [-0.2, 0) is 26.1 Å². The first-order chi connectivity index (χ1) is 19.3. The van der Waals surface area contributed by atoms with Gasteiger partial charge in [0.1, 0.15) is 34.7 Å². The van der Waals surface area contributed by atoms with Crippen molar-refractivity contribution in [2.24, 2.45) is 7.05 Å². The van der Waals surface area contributed by atoms with Crippen molar-refractivity contribution >= 4 is 17.7 Å². The number of likely N-dealkylation sites (tertiary alicyclic amines) is 1. The van der Waals surface area contributed by atoms with Crippen molar-refractivity contribution in [2.45, 2.75) is 70.4 Å². The molecule has 0 aliphatic carbocycles. The number of carbonyl (C=O) groups is 2. The van der Waals surface area contributed by atoms with Crippen molar-refractivity contribution in [3.63, 3.8) is 0 Å². The number of aryl methyl sites for hydroxylation is 2. The predicted molar refractivity (Wildman–Crippen MR) is 148 cm³/mol. The van der Waals surface area contributed by atoms with Crippen LogP contribution >= 0.6 is 0 Å². The van der Waals surface area contributed by atoms with Crippen LogP contribution in [0.25, 0.3) is 0 Å². The number of aliphatic carboxylic acids is 1. The van der Waals surface area contributed by atoms with Crippen LogP contribution in [0, 0.1) is 18.8 Å². The number of morpholine rings is 1. The van der Waals surface area contributed by atoms with Gasteiger partial charge in [0.25, 0.3) is 0 Å². The molecule has 0 bridgehead atoms. The summed E-state index contributed by atoms with van der Waals surface area (Å²) in [4.78, 5) is 32.9. The van der Waals surface area contributed by atoms with Gasteiger partial charge in [-0.1, -0.05) is 5.92 Å². The van der Waals surface area contributed by atoms with Gasteiger partial charge in [-0.25, -0.2) is 14.6 Å². The van der Waals surface area contributed by atoms with Crippen LogP contribution in [0.2, 0.25) is 0 Å². The fourth-order valence-electron chi connectivity index (χ4n) is 5.37. The number of hydrogen-bond acceptors (Lipinski definition) is 9. The van der Waals surface area contributed by atoms with E-state index in [-0.39, 0.29) is 19.0 Å². The molecule has 3 saturated heterocycles. The summed E-state index contributed by atoms with van der Waals surface area (Å²) < 4.78 is 25.2. The molecule has 1 amide bonds. The first kappa shape index (κ1) is 28.7. The molecule has 41 heavy (non-hydrogen) atoms.